The number of thiophene rings is 1. The zero-order valence-corrected chi connectivity index (χ0v) is 14.1. The van der Waals surface area contributed by atoms with Crippen LogP contribution < -0.4 is 5.32 Å². The van der Waals surface area contributed by atoms with Crippen molar-refractivity contribution in [3.8, 4) is 11.3 Å². The molecule has 0 aliphatic rings. The Bertz CT molecular complexity index is 723. The Morgan fingerprint density at radius 2 is 2.14 bits per heavy atom. The molecule has 21 heavy (non-hydrogen) atoms. The summed E-state index contributed by atoms with van der Waals surface area (Å²) in [5, 5.41) is 8.54. The molecule has 0 aliphatic heterocycles. The van der Waals surface area contributed by atoms with Crippen molar-refractivity contribution in [1.82, 2.24) is 9.55 Å². The molecule has 5 heteroatoms. The van der Waals surface area contributed by atoms with Crippen LogP contribution in [0.3, 0.4) is 0 Å². The van der Waals surface area contributed by atoms with Crippen LogP contribution in [0.15, 0.2) is 29.0 Å². The van der Waals surface area contributed by atoms with Gasteiger partial charge in [0.25, 0.3) is 0 Å². The monoisotopic (exact) mass is 317 g/mol. The molecule has 0 saturated heterocycles. The van der Waals surface area contributed by atoms with Crippen molar-refractivity contribution in [2.75, 3.05) is 11.9 Å². The van der Waals surface area contributed by atoms with Crippen LogP contribution in [0, 0.1) is 13.8 Å². The molecule has 3 aromatic heterocycles. The Morgan fingerprint density at radius 3 is 2.86 bits per heavy atom. The van der Waals surface area contributed by atoms with Gasteiger partial charge >= 0.3 is 0 Å². The highest BCUT2D eigenvalue weighted by Crippen LogP contribution is 2.30. The number of aryl methyl sites for hydroxylation is 1. The van der Waals surface area contributed by atoms with Gasteiger partial charge in [0.1, 0.15) is 0 Å². The third-order valence-corrected chi connectivity index (χ3v) is 5.24. The highest BCUT2D eigenvalue weighted by molar-refractivity contribution is 7.14. The lowest BCUT2D eigenvalue weighted by Crippen LogP contribution is -2.02. The van der Waals surface area contributed by atoms with Gasteiger partial charge in [0, 0.05) is 33.8 Å². The summed E-state index contributed by atoms with van der Waals surface area (Å²) in [6.07, 6.45) is 0. The van der Waals surface area contributed by atoms with Crippen LogP contribution in [0.5, 0.6) is 0 Å². The Kier molecular flexibility index (Phi) is 4.12. The molecule has 0 amide bonds. The molecule has 0 radical (unpaired) electrons. The number of nitrogens with one attached hydrogen (secondary N) is 1. The van der Waals surface area contributed by atoms with Crippen molar-refractivity contribution in [1.29, 1.82) is 0 Å². The molecule has 1 N–H and O–H groups in total. The molecule has 0 unspecified atom stereocenters. The fourth-order valence-electron chi connectivity index (χ4n) is 2.49. The molecule has 0 saturated carbocycles. The van der Waals surface area contributed by atoms with Crippen LogP contribution in [0.1, 0.15) is 23.2 Å². The predicted molar refractivity (Wildman–Crippen MR) is 92.6 cm³/mol. The first-order chi connectivity index (χ1) is 10.2. The van der Waals surface area contributed by atoms with Gasteiger partial charge in [-0.2, -0.15) is 0 Å². The van der Waals surface area contributed by atoms with E-state index in [1.807, 2.05) is 0 Å². The highest BCUT2D eigenvalue weighted by Gasteiger charge is 2.14. The van der Waals surface area contributed by atoms with Gasteiger partial charge < -0.3 is 9.88 Å². The second kappa shape index (κ2) is 6.03. The summed E-state index contributed by atoms with van der Waals surface area (Å²) in [7, 11) is 0. The van der Waals surface area contributed by atoms with E-state index in [0.717, 1.165) is 23.9 Å². The standard InChI is InChI=1S/C16H19N3S2/c1-4-17-16-18-15(10-21-16)14-8-11(2)19(12(14)3)9-13-6-5-7-20-13/h5-8,10H,4,9H2,1-3H3,(H,17,18). The highest BCUT2D eigenvalue weighted by atomic mass is 32.1. The molecular formula is C16H19N3S2. The second-order valence-electron chi connectivity index (χ2n) is 5.02. The van der Waals surface area contributed by atoms with Crippen molar-refractivity contribution in [2.24, 2.45) is 0 Å². The van der Waals surface area contributed by atoms with Gasteiger partial charge in [-0.3, -0.25) is 0 Å². The van der Waals surface area contributed by atoms with Gasteiger partial charge in [0.2, 0.25) is 0 Å². The van der Waals surface area contributed by atoms with E-state index in [9.17, 15) is 0 Å². The Hall–Kier alpha value is -1.59. The molecule has 0 bridgehead atoms. The maximum Gasteiger partial charge on any atom is 0.183 e. The molecule has 0 atom stereocenters. The van der Waals surface area contributed by atoms with Crippen molar-refractivity contribution in [3.63, 3.8) is 0 Å². The molecule has 3 rings (SSSR count). The van der Waals surface area contributed by atoms with Crippen molar-refractivity contribution in [2.45, 2.75) is 27.3 Å². The van der Waals surface area contributed by atoms with E-state index in [-0.39, 0.29) is 0 Å². The minimum atomic E-state index is 0.907. The van der Waals surface area contributed by atoms with Crippen molar-refractivity contribution >= 4 is 27.8 Å². The normalized spacial score (nSPS) is 11.0. The maximum absolute atomic E-state index is 4.68. The molecule has 3 nitrogen and oxygen atoms in total. The summed E-state index contributed by atoms with van der Waals surface area (Å²) in [4.78, 5) is 6.06. The largest absolute Gasteiger partial charge is 0.362 e. The lowest BCUT2D eigenvalue weighted by atomic mass is 10.2. The average molecular weight is 317 g/mol. The van der Waals surface area contributed by atoms with Gasteiger partial charge in [0.15, 0.2) is 5.13 Å². The van der Waals surface area contributed by atoms with Crippen LogP contribution in [0.25, 0.3) is 11.3 Å². The van der Waals surface area contributed by atoms with E-state index in [2.05, 4.69) is 64.6 Å². The minimum Gasteiger partial charge on any atom is -0.362 e. The number of nitrogens with zero attached hydrogens (tertiary/aromatic N) is 2. The summed E-state index contributed by atoms with van der Waals surface area (Å²) in [5.41, 5.74) is 4.88. The summed E-state index contributed by atoms with van der Waals surface area (Å²) in [6.45, 7) is 8.29. The number of rotatable bonds is 5. The lowest BCUT2D eigenvalue weighted by Gasteiger charge is -2.08. The maximum atomic E-state index is 4.68. The molecule has 0 aliphatic carbocycles. The summed E-state index contributed by atoms with van der Waals surface area (Å²) < 4.78 is 2.37. The SMILES string of the molecule is CCNc1nc(-c2cc(C)n(Cc3cccs3)c2C)cs1. The molecular weight excluding hydrogens is 298 g/mol. The lowest BCUT2D eigenvalue weighted by molar-refractivity contribution is 0.760. The summed E-state index contributed by atoms with van der Waals surface area (Å²) in [6, 6.07) is 6.54. The first kappa shape index (κ1) is 14.4. The van der Waals surface area contributed by atoms with E-state index in [0.29, 0.717) is 0 Å². The first-order valence-electron chi connectivity index (χ1n) is 7.08. The molecule has 110 valence electrons. The molecule has 0 spiro atoms. The van der Waals surface area contributed by atoms with Crippen molar-refractivity contribution in [3.05, 3.63) is 45.2 Å². The van der Waals surface area contributed by atoms with Gasteiger partial charge in [-0.25, -0.2) is 4.98 Å². The van der Waals surface area contributed by atoms with E-state index in [1.165, 1.54) is 21.8 Å². The van der Waals surface area contributed by atoms with Gasteiger partial charge in [-0.15, -0.1) is 22.7 Å². The van der Waals surface area contributed by atoms with Gasteiger partial charge in [-0.1, -0.05) is 6.07 Å². The third-order valence-electron chi connectivity index (χ3n) is 3.58. The number of hydrogen-bond donors (Lipinski definition) is 1. The van der Waals surface area contributed by atoms with Gasteiger partial charge in [-0.05, 0) is 38.3 Å². The van der Waals surface area contributed by atoms with E-state index >= 15 is 0 Å². The summed E-state index contributed by atoms with van der Waals surface area (Å²) >= 11 is 3.48. The number of anilines is 1. The van der Waals surface area contributed by atoms with E-state index in [1.54, 1.807) is 22.7 Å². The molecule has 0 aromatic carbocycles. The van der Waals surface area contributed by atoms with Crippen LogP contribution in [-0.4, -0.2) is 16.1 Å². The Labute approximate surface area is 133 Å². The third kappa shape index (κ3) is 2.89. The zero-order valence-electron chi connectivity index (χ0n) is 12.5. The topological polar surface area (TPSA) is 29.9 Å². The summed E-state index contributed by atoms with van der Waals surface area (Å²) in [5.74, 6) is 0. The molecule has 3 aromatic rings. The predicted octanol–water partition coefficient (Wildman–Crippen LogP) is 4.77. The fraction of sp³-hybridized carbons (Fsp3) is 0.312. The fourth-order valence-corrected chi connectivity index (χ4v) is 3.97. The van der Waals surface area contributed by atoms with E-state index in [4.69, 9.17) is 0 Å². The number of hydrogen-bond acceptors (Lipinski definition) is 4. The Morgan fingerprint density at radius 1 is 1.29 bits per heavy atom. The molecule has 0 fully saturated rings. The zero-order chi connectivity index (χ0) is 14.8. The average Bonchev–Trinajstić information content (AvgIpc) is 3.17. The minimum absolute atomic E-state index is 0.907. The van der Waals surface area contributed by atoms with Crippen LogP contribution in [0.4, 0.5) is 5.13 Å². The second-order valence-corrected chi connectivity index (χ2v) is 6.91. The first-order valence-corrected chi connectivity index (χ1v) is 8.84. The number of thiazole rings is 1. The van der Waals surface area contributed by atoms with Crippen molar-refractivity contribution < 1.29 is 0 Å². The molecule has 3 heterocycles. The van der Waals surface area contributed by atoms with Crippen LogP contribution >= 0.6 is 22.7 Å². The quantitative estimate of drug-likeness (QED) is 0.734. The number of aromatic nitrogens is 2. The van der Waals surface area contributed by atoms with Gasteiger partial charge in [0.05, 0.1) is 12.2 Å². The van der Waals surface area contributed by atoms with Crippen LogP contribution in [-0.2, 0) is 6.54 Å². The van der Waals surface area contributed by atoms with E-state index < -0.39 is 0 Å². The smallest absolute Gasteiger partial charge is 0.183 e. The van der Waals surface area contributed by atoms with Crippen LogP contribution in [0.2, 0.25) is 0 Å². The Balaban J connectivity index is 1.92.